The SMILES string of the molecule is C=CC(/C=C/OC)CN(Cc1ncc(-c2ccc3c(c2)COc2cc4c(cc2-3)CCc2nc([C@@H]3C(=C)CCN3C(O)[C@@H](NC(=O)OC)C(C)C)[nH]c2-4)[nH]1)C(=O)[C@H](NC(=O)OC)c1ccccc1. The number of aliphatic hydroxyl groups excluding tert-OH is 1. The number of aromatic amines is 2. The van der Waals surface area contributed by atoms with Gasteiger partial charge in [0.25, 0.3) is 0 Å². The first-order chi connectivity index (χ1) is 32.4. The predicted molar refractivity (Wildman–Crippen MR) is 252 cm³/mol. The first-order valence-corrected chi connectivity index (χ1v) is 22.4. The summed E-state index contributed by atoms with van der Waals surface area (Å²) in [6.07, 6.45) is 6.76. The highest BCUT2D eigenvalue weighted by atomic mass is 16.5. The van der Waals surface area contributed by atoms with Gasteiger partial charge in [-0.1, -0.05) is 74.5 Å². The average molecular weight is 911 g/mol. The lowest BCUT2D eigenvalue weighted by molar-refractivity contribution is -0.134. The van der Waals surface area contributed by atoms with Gasteiger partial charge >= 0.3 is 12.2 Å². The normalized spacial score (nSPS) is 16.9. The molecule has 3 aromatic carbocycles. The van der Waals surface area contributed by atoms with Gasteiger partial charge in [-0.25, -0.2) is 19.6 Å². The van der Waals surface area contributed by atoms with Crippen molar-refractivity contribution in [2.45, 2.75) is 70.6 Å². The van der Waals surface area contributed by atoms with Crippen molar-refractivity contribution in [3.05, 3.63) is 138 Å². The first kappa shape index (κ1) is 46.4. The van der Waals surface area contributed by atoms with Crippen LogP contribution in [0.3, 0.4) is 0 Å². The monoisotopic (exact) mass is 910 g/mol. The quantitative estimate of drug-likeness (QED) is 0.0485. The topological polar surface area (TPSA) is 196 Å². The van der Waals surface area contributed by atoms with Crippen LogP contribution in [0.25, 0.3) is 33.6 Å². The minimum atomic E-state index is -1.02. The van der Waals surface area contributed by atoms with Gasteiger partial charge in [-0.05, 0) is 77.3 Å². The summed E-state index contributed by atoms with van der Waals surface area (Å²) < 4.78 is 21.4. The van der Waals surface area contributed by atoms with E-state index < -0.39 is 30.5 Å². The molecule has 2 aromatic heterocycles. The third-order valence-electron chi connectivity index (χ3n) is 12.8. The second kappa shape index (κ2) is 20.1. The molecule has 0 radical (unpaired) electrons. The van der Waals surface area contributed by atoms with E-state index in [2.05, 4.69) is 64.1 Å². The van der Waals surface area contributed by atoms with Crippen molar-refractivity contribution in [3.63, 3.8) is 0 Å². The molecule has 350 valence electrons. The lowest BCUT2D eigenvalue weighted by Crippen LogP contribution is -2.54. The van der Waals surface area contributed by atoms with Crippen LogP contribution in [0.2, 0.25) is 0 Å². The fourth-order valence-electron chi connectivity index (χ4n) is 9.25. The number of methoxy groups -OCH3 is 3. The zero-order valence-corrected chi connectivity index (χ0v) is 38.5. The Morgan fingerprint density at radius 1 is 0.970 bits per heavy atom. The number of ether oxygens (including phenoxy) is 4. The number of imidazole rings is 2. The summed E-state index contributed by atoms with van der Waals surface area (Å²) in [5, 5.41) is 17.1. The van der Waals surface area contributed by atoms with E-state index in [4.69, 9.17) is 28.9 Å². The number of nitrogens with zero attached hydrogens (tertiary/aromatic N) is 4. The summed E-state index contributed by atoms with van der Waals surface area (Å²) in [5.74, 6) is 1.37. The molecule has 4 heterocycles. The summed E-state index contributed by atoms with van der Waals surface area (Å²) >= 11 is 0. The molecule has 2 unspecified atom stereocenters. The highest BCUT2D eigenvalue weighted by molar-refractivity contribution is 5.87. The number of H-pyrrole nitrogens is 2. The molecule has 1 fully saturated rings. The van der Waals surface area contributed by atoms with Gasteiger partial charge in [-0.2, -0.15) is 0 Å². The van der Waals surface area contributed by atoms with Gasteiger partial charge in [0.15, 0.2) is 0 Å². The summed E-state index contributed by atoms with van der Waals surface area (Å²) in [5.41, 5.74) is 10.4. The van der Waals surface area contributed by atoms with Crippen molar-refractivity contribution in [1.29, 1.82) is 0 Å². The van der Waals surface area contributed by atoms with Crippen LogP contribution in [0.5, 0.6) is 5.75 Å². The summed E-state index contributed by atoms with van der Waals surface area (Å²) in [6, 6.07) is 17.7. The standard InChI is InChI=1S/C51H58N8O8/c1-8-31(19-21-64-5)26-58(48(60)44(57-51(63)66-7)32-12-10-9-11-13-32)27-42-52-25-40(53-42)34-14-16-36-35(22-34)28-67-41-24-37-33(23-38(36)41)15-17-39-45(37)55-47(54-39)46-30(4)18-20-59(46)49(61)43(29(2)3)56-50(62)65-6/h8-14,16,19,21-25,29,31,43-44,46,49,61H,1,4,15,17-18,20,26-28H2,2-3,5-7H3,(H,52,53)(H,54,55)(H,56,62)(H,57,63)/b21-19+/t31?,43-,44+,46-,49?/m0/s1. The van der Waals surface area contributed by atoms with Crippen molar-refractivity contribution in [2.75, 3.05) is 34.4 Å². The van der Waals surface area contributed by atoms with Crippen LogP contribution in [0.1, 0.15) is 66.4 Å². The van der Waals surface area contributed by atoms with Gasteiger partial charge in [0.1, 0.15) is 36.3 Å². The second-order valence-electron chi connectivity index (χ2n) is 17.4. The van der Waals surface area contributed by atoms with Crippen LogP contribution in [0.15, 0.2) is 104 Å². The minimum absolute atomic E-state index is 0.0633. The van der Waals surface area contributed by atoms with Crippen LogP contribution in [-0.2, 0) is 45.0 Å². The number of carbonyl (C=O) groups is 3. The number of benzene rings is 3. The molecule has 2 aliphatic heterocycles. The highest BCUT2D eigenvalue weighted by Crippen LogP contribution is 2.46. The number of aryl methyl sites for hydroxylation is 2. The molecule has 5 atom stereocenters. The Morgan fingerprint density at radius 3 is 2.48 bits per heavy atom. The zero-order valence-electron chi connectivity index (χ0n) is 38.5. The second-order valence-corrected chi connectivity index (χ2v) is 17.4. The Hall–Kier alpha value is -7.17. The lowest BCUT2D eigenvalue weighted by Gasteiger charge is -2.35. The number of aromatic nitrogens is 4. The fourth-order valence-corrected chi connectivity index (χ4v) is 9.25. The molecule has 5 N–H and O–H groups in total. The maximum atomic E-state index is 14.4. The Morgan fingerprint density at radius 2 is 1.75 bits per heavy atom. The number of rotatable bonds is 16. The maximum absolute atomic E-state index is 14.4. The number of nitrogens with one attached hydrogen (secondary N) is 4. The molecule has 8 rings (SSSR count). The van der Waals surface area contributed by atoms with E-state index in [-0.39, 0.29) is 36.9 Å². The molecule has 3 amide bonds. The smallest absolute Gasteiger partial charge is 0.407 e. The van der Waals surface area contributed by atoms with Crippen molar-refractivity contribution < 1.29 is 38.4 Å². The van der Waals surface area contributed by atoms with Crippen molar-refractivity contribution in [1.82, 2.24) is 40.4 Å². The van der Waals surface area contributed by atoms with Gasteiger partial charge in [-0.3, -0.25) is 9.69 Å². The third kappa shape index (κ3) is 9.72. The Bertz CT molecular complexity index is 2670. The van der Waals surface area contributed by atoms with Gasteiger partial charge in [0, 0.05) is 30.1 Å². The van der Waals surface area contributed by atoms with Gasteiger partial charge in [0.05, 0.1) is 69.5 Å². The van der Waals surface area contributed by atoms with E-state index in [1.807, 2.05) is 43.0 Å². The molecule has 0 saturated carbocycles. The number of likely N-dealkylation sites (tertiary alicyclic amines) is 1. The molecule has 16 heteroatoms. The molecule has 0 bridgehead atoms. The summed E-state index contributed by atoms with van der Waals surface area (Å²) in [7, 11) is 4.12. The van der Waals surface area contributed by atoms with Crippen LogP contribution >= 0.6 is 0 Å². The fraction of sp³-hybridized carbons (Fsp3) is 0.353. The third-order valence-corrected chi connectivity index (χ3v) is 12.8. The van der Waals surface area contributed by atoms with E-state index in [1.54, 1.807) is 42.7 Å². The van der Waals surface area contributed by atoms with Gasteiger partial charge in [0.2, 0.25) is 5.91 Å². The van der Waals surface area contributed by atoms with Crippen LogP contribution in [0, 0.1) is 11.8 Å². The van der Waals surface area contributed by atoms with E-state index in [9.17, 15) is 19.5 Å². The molecule has 5 aromatic rings. The van der Waals surface area contributed by atoms with E-state index in [0.29, 0.717) is 36.8 Å². The molecule has 1 aliphatic carbocycles. The molecule has 16 nitrogen and oxygen atoms in total. The van der Waals surface area contributed by atoms with E-state index in [1.165, 1.54) is 19.8 Å². The van der Waals surface area contributed by atoms with Gasteiger partial charge in [-0.15, -0.1) is 6.58 Å². The molecular formula is C51H58N8O8. The Balaban J connectivity index is 1.03. The van der Waals surface area contributed by atoms with Crippen LogP contribution in [-0.4, -0.2) is 99.6 Å². The minimum Gasteiger partial charge on any atom is -0.505 e. The predicted octanol–water partition coefficient (Wildman–Crippen LogP) is 7.52. The molecule has 3 aliphatic rings. The first-order valence-electron chi connectivity index (χ1n) is 22.4. The van der Waals surface area contributed by atoms with E-state index in [0.717, 1.165) is 69.1 Å². The number of fused-ring (bicyclic) bond motifs is 6. The largest absolute Gasteiger partial charge is 0.505 e. The number of amides is 3. The summed E-state index contributed by atoms with van der Waals surface area (Å²) in [6.45, 7) is 13.5. The van der Waals surface area contributed by atoms with Crippen molar-refractivity contribution in [2.24, 2.45) is 11.8 Å². The number of alkyl carbamates (subject to hydrolysis) is 2. The number of carbonyl (C=O) groups excluding carboxylic acids is 3. The average Bonchev–Trinajstić information content (AvgIpc) is 4.10. The van der Waals surface area contributed by atoms with E-state index >= 15 is 0 Å². The van der Waals surface area contributed by atoms with Crippen LogP contribution in [0.4, 0.5) is 9.59 Å². The maximum Gasteiger partial charge on any atom is 0.407 e. The molecule has 0 spiro atoms. The van der Waals surface area contributed by atoms with Crippen molar-refractivity contribution >= 4 is 18.1 Å². The number of hydrogen-bond donors (Lipinski definition) is 5. The number of hydrogen-bond acceptors (Lipinski definition) is 11. The highest BCUT2D eigenvalue weighted by Gasteiger charge is 2.41. The zero-order chi connectivity index (χ0) is 47.4. The Kier molecular flexibility index (Phi) is 13.9. The lowest BCUT2D eigenvalue weighted by atomic mass is 9.86. The number of aliphatic hydroxyl groups is 1. The van der Waals surface area contributed by atoms with Gasteiger partial charge < -0.3 is 49.6 Å². The Labute approximate surface area is 390 Å². The van der Waals surface area contributed by atoms with Crippen molar-refractivity contribution in [3.8, 4) is 39.4 Å². The van der Waals surface area contributed by atoms with Crippen LogP contribution < -0.4 is 15.4 Å². The molecular weight excluding hydrogens is 853 g/mol. The molecule has 67 heavy (non-hydrogen) atoms. The molecule has 1 saturated heterocycles. The summed E-state index contributed by atoms with van der Waals surface area (Å²) in [4.78, 5) is 59.5.